The van der Waals surface area contributed by atoms with Crippen LogP contribution in [-0.2, 0) is 18.7 Å². The zero-order chi connectivity index (χ0) is 18.5. The fourth-order valence-electron chi connectivity index (χ4n) is 1.47. The summed E-state index contributed by atoms with van der Waals surface area (Å²) in [6.07, 6.45) is -4.58. The third-order valence-corrected chi connectivity index (χ3v) is 3.04. The second-order valence-corrected chi connectivity index (χ2v) is 5.57. The highest BCUT2D eigenvalue weighted by molar-refractivity contribution is 7.46. The summed E-state index contributed by atoms with van der Waals surface area (Å²) < 4.78 is 22.2. The van der Waals surface area contributed by atoms with Gasteiger partial charge in [-0.2, -0.15) is 0 Å². The Labute approximate surface area is 132 Å². The van der Waals surface area contributed by atoms with Gasteiger partial charge in [0, 0.05) is 5.69 Å². The Morgan fingerprint density at radius 3 is 2.30 bits per heavy atom. The zero-order valence-corrected chi connectivity index (χ0v) is 12.5. The van der Waals surface area contributed by atoms with E-state index in [4.69, 9.17) is 16.3 Å². The first-order valence-electron chi connectivity index (χ1n) is 6.64. The van der Waals surface area contributed by atoms with Crippen molar-refractivity contribution in [2.75, 3.05) is 11.9 Å². The van der Waals surface area contributed by atoms with E-state index >= 15 is 0 Å². The molecule has 0 amide bonds. The Morgan fingerprint density at radius 1 is 1.26 bits per heavy atom. The molecule has 1 unspecified atom stereocenters. The molecule has 0 heterocycles. The number of ketones is 1. The molecule has 0 aliphatic heterocycles. The van der Waals surface area contributed by atoms with Crippen LogP contribution in [0.3, 0.4) is 0 Å². The molecule has 0 bridgehead atoms. The molecule has 0 saturated carbocycles. The molecule has 23 heavy (non-hydrogen) atoms. The topological polar surface area (TPSA) is 174 Å². The van der Waals surface area contributed by atoms with E-state index in [0.717, 1.165) is 0 Å². The maximum absolute atomic E-state index is 12.1. The van der Waals surface area contributed by atoms with Crippen LogP contribution in [0, 0.1) is 0 Å². The minimum absolute atomic E-state index is 0.0939. The molecule has 0 radical (unpaired) electrons. The van der Waals surface area contributed by atoms with Gasteiger partial charge in [-0.05, 0) is 12.1 Å². The zero-order valence-electron chi connectivity index (χ0n) is 12.6. The van der Waals surface area contributed by atoms with Gasteiger partial charge in [-0.15, -0.1) is 0 Å². The molecule has 3 atom stereocenters. The first kappa shape index (κ1) is 17.5. The summed E-state index contributed by atoms with van der Waals surface area (Å²) in [5.74, 6) is -3.58. The average Bonchev–Trinajstić information content (AvgIpc) is 2.51. The summed E-state index contributed by atoms with van der Waals surface area (Å²) >= 11 is 0. The molecule has 0 saturated heterocycles. The molecule has 1 aromatic rings. The molecular formula is C12H16NO9P. The minimum atomic E-state index is -4.97. The van der Waals surface area contributed by atoms with Crippen molar-refractivity contribution in [3.63, 3.8) is 0 Å². The van der Waals surface area contributed by atoms with Crippen LogP contribution in [0.5, 0.6) is 0 Å². The fraction of sp³-hybridized carbons (Fsp3) is 0.333. The Kier molecular flexibility index (Phi) is 6.22. The smallest absolute Gasteiger partial charge is 0.469 e. The first-order chi connectivity index (χ1) is 11.0. The van der Waals surface area contributed by atoms with Gasteiger partial charge in [0.05, 0.1) is 7.98 Å². The first-order valence-corrected chi connectivity index (χ1v) is 7.67. The van der Waals surface area contributed by atoms with Crippen LogP contribution < -0.4 is 5.32 Å². The summed E-state index contributed by atoms with van der Waals surface area (Å²) in [7, 11) is -4.97. The van der Waals surface area contributed by atoms with Crippen molar-refractivity contribution in [2.24, 2.45) is 0 Å². The maximum Gasteiger partial charge on any atom is 0.469 e. The lowest BCUT2D eigenvalue weighted by molar-refractivity contribution is -0.146. The van der Waals surface area contributed by atoms with Crippen molar-refractivity contribution in [1.29, 1.82) is 0 Å². The number of hydrogen-bond acceptors (Lipinski definition) is 7. The summed E-state index contributed by atoms with van der Waals surface area (Å²) in [5, 5.41) is 30.5. The highest BCUT2D eigenvalue weighted by Gasteiger charge is 2.36. The maximum atomic E-state index is 12.1. The summed E-state index contributed by atoms with van der Waals surface area (Å²) in [5.41, 5.74) is 0.0939. The van der Waals surface area contributed by atoms with Gasteiger partial charge in [-0.1, -0.05) is 18.2 Å². The predicted molar refractivity (Wildman–Crippen MR) is 76.5 cm³/mol. The molecule has 0 aliphatic rings. The number of carboxylic acids is 1. The SMILES string of the molecule is [2H]C(Nc1ccccc1)(C(=O)O)C(=O)[C@H](O)[C@H](O)COP(=O)(O)O. The van der Waals surface area contributed by atoms with Crippen LogP contribution >= 0.6 is 7.82 Å². The van der Waals surface area contributed by atoms with Crippen LogP contribution in [0.4, 0.5) is 5.69 Å². The second-order valence-electron chi connectivity index (χ2n) is 4.33. The minimum Gasteiger partial charge on any atom is -0.479 e. The molecule has 6 N–H and O–H groups in total. The number of benzene rings is 1. The van der Waals surface area contributed by atoms with Crippen LogP contribution in [0.2, 0.25) is 0 Å². The molecule has 10 nitrogen and oxygen atoms in total. The molecule has 0 aromatic heterocycles. The van der Waals surface area contributed by atoms with Gasteiger partial charge in [0.2, 0.25) is 0 Å². The summed E-state index contributed by atoms with van der Waals surface area (Å²) in [6, 6.07) is 4.34. The van der Waals surface area contributed by atoms with Crippen molar-refractivity contribution in [3.05, 3.63) is 30.3 Å². The number of phosphoric ester groups is 1. The third kappa shape index (κ3) is 6.45. The Balaban J connectivity index is 2.92. The molecule has 1 rings (SSSR count). The number of para-hydroxylation sites is 1. The van der Waals surface area contributed by atoms with Gasteiger partial charge in [-0.25, -0.2) is 9.36 Å². The highest BCUT2D eigenvalue weighted by atomic mass is 31.2. The van der Waals surface area contributed by atoms with Crippen molar-refractivity contribution in [1.82, 2.24) is 0 Å². The number of carbonyl (C=O) groups excluding carboxylic acids is 1. The number of anilines is 1. The van der Waals surface area contributed by atoms with Gasteiger partial charge in [-0.3, -0.25) is 9.32 Å². The lowest BCUT2D eigenvalue weighted by atomic mass is 10.0. The average molecular weight is 350 g/mol. The van der Waals surface area contributed by atoms with E-state index in [2.05, 4.69) is 9.84 Å². The number of aliphatic hydroxyl groups excluding tert-OH is 2. The van der Waals surface area contributed by atoms with E-state index in [-0.39, 0.29) is 5.69 Å². The summed E-state index contributed by atoms with van der Waals surface area (Å²) in [4.78, 5) is 40.4. The van der Waals surface area contributed by atoms with E-state index in [9.17, 15) is 24.4 Å². The van der Waals surface area contributed by atoms with Crippen molar-refractivity contribution in [2.45, 2.75) is 18.2 Å². The number of carboxylic acid groups (broad SMARTS) is 1. The largest absolute Gasteiger partial charge is 0.479 e. The third-order valence-electron chi connectivity index (χ3n) is 2.55. The van der Waals surface area contributed by atoms with Crippen molar-refractivity contribution >= 4 is 25.3 Å². The number of rotatable bonds is 9. The number of aliphatic carboxylic acids is 1. The molecule has 0 aliphatic carbocycles. The van der Waals surface area contributed by atoms with Gasteiger partial charge < -0.3 is 30.4 Å². The van der Waals surface area contributed by atoms with E-state index < -0.39 is 44.4 Å². The molecule has 128 valence electrons. The number of phosphoric acid groups is 1. The quantitative estimate of drug-likeness (QED) is 0.238. The number of Topliss-reactive ketones (excluding diaryl/α,β-unsaturated/α-hetero) is 1. The van der Waals surface area contributed by atoms with Crippen LogP contribution in [0.1, 0.15) is 1.37 Å². The number of hydrogen-bond donors (Lipinski definition) is 6. The number of aliphatic hydroxyl groups is 2. The van der Waals surface area contributed by atoms with Gasteiger partial charge in [0.1, 0.15) is 12.2 Å². The summed E-state index contributed by atoms with van der Waals surface area (Å²) in [6.45, 7) is -1.14. The molecule has 0 spiro atoms. The lowest BCUT2D eigenvalue weighted by Gasteiger charge is -2.21. The van der Waals surface area contributed by atoms with Crippen LogP contribution in [-0.4, -0.2) is 61.7 Å². The predicted octanol–water partition coefficient (Wildman–Crippen LogP) is -1.05. The molecule has 0 fully saturated rings. The van der Waals surface area contributed by atoms with E-state index in [1.807, 2.05) is 0 Å². The molecule has 1 aromatic carbocycles. The van der Waals surface area contributed by atoms with Crippen molar-refractivity contribution < 1.29 is 45.2 Å². The van der Waals surface area contributed by atoms with Crippen LogP contribution in [0.15, 0.2) is 30.3 Å². The van der Waals surface area contributed by atoms with Crippen LogP contribution in [0.25, 0.3) is 0 Å². The molecular weight excluding hydrogens is 333 g/mol. The normalized spacial score (nSPS) is 17.5. The standard InChI is InChI=1S/C12H16NO9P/c14-8(6-22-23(19,20)21)10(15)11(16)9(12(17)18)13-7-4-2-1-3-5-7/h1-5,8-10,13-15H,6H2,(H,17,18)(H2,19,20,21)/t8-,9?,10-/m1/s1/i9D. The molecule has 11 heteroatoms. The highest BCUT2D eigenvalue weighted by Crippen LogP contribution is 2.35. The van der Waals surface area contributed by atoms with Gasteiger partial charge >= 0.3 is 13.8 Å². The van der Waals surface area contributed by atoms with E-state index in [1.54, 1.807) is 6.07 Å². The number of nitrogens with one attached hydrogen (secondary N) is 1. The van der Waals surface area contributed by atoms with E-state index in [0.29, 0.717) is 0 Å². The number of carbonyl (C=O) groups is 2. The fourth-order valence-corrected chi connectivity index (χ4v) is 1.82. The van der Waals surface area contributed by atoms with Gasteiger partial charge in [0.25, 0.3) is 0 Å². The lowest BCUT2D eigenvalue weighted by Crippen LogP contribution is -2.48. The van der Waals surface area contributed by atoms with Gasteiger partial charge in [0.15, 0.2) is 11.8 Å². The second kappa shape index (κ2) is 8.16. The van der Waals surface area contributed by atoms with Crippen molar-refractivity contribution in [3.8, 4) is 0 Å². The van der Waals surface area contributed by atoms with E-state index in [1.165, 1.54) is 24.3 Å². The monoisotopic (exact) mass is 350 g/mol. The Hall–Kier alpha value is -1.81. The Bertz CT molecular complexity index is 637. The Morgan fingerprint density at radius 2 is 1.83 bits per heavy atom.